The van der Waals surface area contributed by atoms with Crippen LogP contribution < -0.4 is 10.1 Å². The maximum atomic E-state index is 5.76. The van der Waals surface area contributed by atoms with E-state index >= 15 is 0 Å². The molecule has 4 heteroatoms. The van der Waals surface area contributed by atoms with Gasteiger partial charge in [-0.25, -0.2) is 4.98 Å². The molecule has 0 saturated carbocycles. The fourth-order valence-corrected chi connectivity index (χ4v) is 1.82. The molecule has 0 aromatic carbocycles. The number of rotatable bonds is 6. The largest absolute Gasteiger partial charge is 0.475 e. The summed E-state index contributed by atoms with van der Waals surface area (Å²) >= 11 is 0. The maximum absolute atomic E-state index is 5.76. The van der Waals surface area contributed by atoms with Gasteiger partial charge in [0.05, 0.1) is 17.9 Å². The normalized spacial score (nSPS) is 12.5. The van der Waals surface area contributed by atoms with Gasteiger partial charge in [0.25, 0.3) is 0 Å². The van der Waals surface area contributed by atoms with Crippen molar-refractivity contribution < 1.29 is 9.47 Å². The van der Waals surface area contributed by atoms with Crippen LogP contribution in [0.15, 0.2) is 12.1 Å². The van der Waals surface area contributed by atoms with Crippen molar-refractivity contribution in [3.8, 4) is 5.88 Å². The predicted molar refractivity (Wildman–Crippen MR) is 86.9 cm³/mol. The lowest BCUT2D eigenvalue weighted by atomic mass is 9.91. The lowest BCUT2D eigenvalue weighted by Crippen LogP contribution is -2.23. The highest BCUT2D eigenvalue weighted by Crippen LogP contribution is 2.24. The van der Waals surface area contributed by atoms with E-state index in [4.69, 9.17) is 9.47 Å². The van der Waals surface area contributed by atoms with Gasteiger partial charge in [0, 0.05) is 18.0 Å². The fourth-order valence-electron chi connectivity index (χ4n) is 1.82. The molecule has 0 aliphatic carbocycles. The van der Waals surface area contributed by atoms with E-state index in [-0.39, 0.29) is 11.0 Å². The van der Waals surface area contributed by atoms with Gasteiger partial charge in [-0.05, 0) is 39.4 Å². The minimum Gasteiger partial charge on any atom is -0.475 e. The molecule has 0 saturated heterocycles. The number of nitrogens with one attached hydrogen (secondary N) is 1. The first-order chi connectivity index (χ1) is 9.62. The van der Waals surface area contributed by atoms with E-state index in [2.05, 4.69) is 37.1 Å². The van der Waals surface area contributed by atoms with Crippen LogP contribution in [0.5, 0.6) is 5.88 Å². The second-order valence-corrected chi connectivity index (χ2v) is 7.29. The zero-order valence-electron chi connectivity index (χ0n) is 14.5. The van der Waals surface area contributed by atoms with Gasteiger partial charge in [-0.15, -0.1) is 0 Å². The highest BCUT2D eigenvalue weighted by Gasteiger charge is 2.17. The molecule has 0 spiro atoms. The first-order valence-electron chi connectivity index (χ1n) is 7.54. The van der Waals surface area contributed by atoms with Crippen molar-refractivity contribution in [2.24, 2.45) is 0 Å². The SMILES string of the molecule is CNCc1cc(OCCOC(C)(C)C)nc(C(C)(C)C)c1. The zero-order valence-corrected chi connectivity index (χ0v) is 14.5. The van der Waals surface area contributed by atoms with Crippen LogP contribution in [-0.4, -0.2) is 30.8 Å². The molecule has 0 radical (unpaired) electrons. The van der Waals surface area contributed by atoms with Gasteiger partial charge >= 0.3 is 0 Å². The quantitative estimate of drug-likeness (QED) is 0.818. The number of nitrogens with zero attached hydrogens (tertiary/aromatic N) is 1. The van der Waals surface area contributed by atoms with Crippen LogP contribution in [0.1, 0.15) is 52.8 Å². The van der Waals surface area contributed by atoms with Crippen LogP contribution in [0.25, 0.3) is 0 Å². The van der Waals surface area contributed by atoms with E-state index in [9.17, 15) is 0 Å². The molecule has 21 heavy (non-hydrogen) atoms. The molecule has 1 rings (SSSR count). The molecule has 1 N–H and O–H groups in total. The first-order valence-corrected chi connectivity index (χ1v) is 7.54. The van der Waals surface area contributed by atoms with Gasteiger partial charge in [-0.1, -0.05) is 20.8 Å². The van der Waals surface area contributed by atoms with Gasteiger partial charge in [-0.3, -0.25) is 0 Å². The Labute approximate surface area is 129 Å². The summed E-state index contributed by atoms with van der Waals surface area (Å²) in [6, 6.07) is 4.12. The number of hydrogen-bond acceptors (Lipinski definition) is 4. The Morgan fingerprint density at radius 1 is 1.05 bits per heavy atom. The Bertz CT molecular complexity index is 445. The summed E-state index contributed by atoms with van der Waals surface area (Å²) in [4.78, 5) is 4.62. The van der Waals surface area contributed by atoms with Gasteiger partial charge in [0.1, 0.15) is 6.61 Å². The van der Waals surface area contributed by atoms with Crippen LogP contribution in [0, 0.1) is 0 Å². The lowest BCUT2D eigenvalue weighted by Gasteiger charge is -2.21. The van der Waals surface area contributed by atoms with Crippen molar-refractivity contribution in [2.75, 3.05) is 20.3 Å². The Hall–Kier alpha value is -1.13. The summed E-state index contributed by atoms with van der Waals surface area (Å²) in [5, 5.41) is 3.17. The summed E-state index contributed by atoms with van der Waals surface area (Å²) in [5.41, 5.74) is 2.09. The van der Waals surface area contributed by atoms with E-state index in [0.29, 0.717) is 19.1 Å². The van der Waals surface area contributed by atoms with Crippen molar-refractivity contribution in [2.45, 2.75) is 59.1 Å². The van der Waals surface area contributed by atoms with Crippen molar-refractivity contribution in [1.29, 1.82) is 0 Å². The highest BCUT2D eigenvalue weighted by atomic mass is 16.5. The van der Waals surface area contributed by atoms with Crippen LogP contribution >= 0.6 is 0 Å². The van der Waals surface area contributed by atoms with E-state index in [1.165, 1.54) is 5.56 Å². The smallest absolute Gasteiger partial charge is 0.213 e. The molecule has 1 heterocycles. The molecule has 0 amide bonds. The second-order valence-electron chi connectivity index (χ2n) is 7.29. The lowest BCUT2D eigenvalue weighted by molar-refractivity contribution is -0.0168. The third-order valence-electron chi connectivity index (χ3n) is 2.88. The fraction of sp³-hybridized carbons (Fsp3) is 0.706. The van der Waals surface area contributed by atoms with E-state index in [0.717, 1.165) is 12.2 Å². The van der Waals surface area contributed by atoms with E-state index in [1.807, 2.05) is 33.9 Å². The molecular weight excluding hydrogens is 264 g/mol. The minimum absolute atomic E-state index is 0.00374. The molecule has 0 bridgehead atoms. The van der Waals surface area contributed by atoms with Crippen LogP contribution in [0.2, 0.25) is 0 Å². The molecule has 0 unspecified atom stereocenters. The van der Waals surface area contributed by atoms with E-state index < -0.39 is 0 Å². The van der Waals surface area contributed by atoms with Crippen LogP contribution in [0.4, 0.5) is 0 Å². The summed E-state index contributed by atoms with van der Waals surface area (Å²) in [6.45, 7) is 14.5. The molecule has 120 valence electrons. The van der Waals surface area contributed by atoms with Gasteiger partial charge in [-0.2, -0.15) is 0 Å². The van der Waals surface area contributed by atoms with Gasteiger partial charge in [0.15, 0.2) is 0 Å². The Morgan fingerprint density at radius 2 is 1.71 bits per heavy atom. The summed E-state index contributed by atoms with van der Waals surface area (Å²) in [6.07, 6.45) is 0. The standard InChI is InChI=1S/C17H30N2O2/c1-16(2,3)14-10-13(12-18-7)11-15(19-14)20-8-9-21-17(4,5)6/h10-11,18H,8-9,12H2,1-7H3. The third kappa shape index (κ3) is 6.91. The maximum Gasteiger partial charge on any atom is 0.213 e. The predicted octanol–water partition coefficient (Wildman–Crippen LogP) is 3.29. The molecule has 4 nitrogen and oxygen atoms in total. The molecule has 1 aromatic rings. The topological polar surface area (TPSA) is 43.4 Å². The monoisotopic (exact) mass is 294 g/mol. The Morgan fingerprint density at radius 3 is 2.24 bits per heavy atom. The molecule has 0 aliphatic heterocycles. The Kier molecular flexibility index (Phi) is 6.17. The highest BCUT2D eigenvalue weighted by molar-refractivity contribution is 5.28. The molecule has 1 aromatic heterocycles. The minimum atomic E-state index is -0.138. The van der Waals surface area contributed by atoms with Crippen LogP contribution in [0.3, 0.4) is 0 Å². The number of ether oxygens (including phenoxy) is 2. The average molecular weight is 294 g/mol. The second kappa shape index (κ2) is 7.23. The molecule has 0 fully saturated rings. The summed E-state index contributed by atoms with van der Waals surface area (Å²) < 4.78 is 11.4. The van der Waals surface area contributed by atoms with Crippen molar-refractivity contribution in [3.05, 3.63) is 23.4 Å². The molecular formula is C17H30N2O2. The molecule has 0 atom stereocenters. The van der Waals surface area contributed by atoms with Gasteiger partial charge < -0.3 is 14.8 Å². The Balaban J connectivity index is 2.74. The van der Waals surface area contributed by atoms with Gasteiger partial charge in [0.2, 0.25) is 5.88 Å². The average Bonchev–Trinajstić information content (AvgIpc) is 2.33. The van der Waals surface area contributed by atoms with Crippen molar-refractivity contribution in [1.82, 2.24) is 10.3 Å². The van der Waals surface area contributed by atoms with Crippen molar-refractivity contribution >= 4 is 0 Å². The zero-order chi connectivity index (χ0) is 16.1. The number of aromatic nitrogens is 1. The van der Waals surface area contributed by atoms with E-state index in [1.54, 1.807) is 0 Å². The third-order valence-corrected chi connectivity index (χ3v) is 2.88. The number of hydrogen-bond donors (Lipinski definition) is 1. The molecule has 0 aliphatic rings. The number of pyridine rings is 1. The summed E-state index contributed by atoms with van der Waals surface area (Å²) in [7, 11) is 1.94. The van der Waals surface area contributed by atoms with Crippen LogP contribution in [-0.2, 0) is 16.7 Å². The van der Waals surface area contributed by atoms with Crippen molar-refractivity contribution in [3.63, 3.8) is 0 Å². The summed E-state index contributed by atoms with van der Waals surface area (Å²) in [5.74, 6) is 0.671. The first kappa shape index (κ1) is 17.9.